The maximum absolute atomic E-state index is 11.6. The van der Waals surface area contributed by atoms with E-state index in [-0.39, 0.29) is 0 Å². The van der Waals surface area contributed by atoms with Gasteiger partial charge in [-0.3, -0.25) is 10.1 Å². The topological polar surface area (TPSA) is 94.6 Å². The summed E-state index contributed by atoms with van der Waals surface area (Å²) in [6, 6.07) is 12.0. The van der Waals surface area contributed by atoms with E-state index < -0.39 is 18.0 Å². The van der Waals surface area contributed by atoms with Crippen molar-refractivity contribution in [3.8, 4) is 5.75 Å². The summed E-state index contributed by atoms with van der Waals surface area (Å²) in [7, 11) is 0. The molecule has 2 aromatic carbocycles. The third-order valence-corrected chi connectivity index (χ3v) is 3.28. The molecule has 1 heterocycles. The predicted octanol–water partition coefficient (Wildman–Crippen LogP) is 2.55. The van der Waals surface area contributed by atoms with Crippen molar-refractivity contribution in [2.75, 3.05) is 0 Å². The second-order valence-electron chi connectivity index (χ2n) is 4.87. The molecule has 6 heteroatoms. The fourth-order valence-electron chi connectivity index (χ4n) is 2.26. The Labute approximate surface area is 125 Å². The summed E-state index contributed by atoms with van der Waals surface area (Å²) in [6.07, 6.45) is -0.844. The molecule has 0 radical (unpaired) electrons. The minimum Gasteiger partial charge on any atom is -0.481 e. The Morgan fingerprint density at radius 2 is 1.86 bits per heavy atom. The number of carbonyl (C=O) groups excluding carboxylic acids is 2. The van der Waals surface area contributed by atoms with Gasteiger partial charge in [-0.05, 0) is 31.2 Å². The average Bonchev–Trinajstić information content (AvgIpc) is 2.84. The Bertz CT molecular complexity index is 869. The van der Waals surface area contributed by atoms with Crippen LogP contribution < -0.4 is 15.8 Å². The van der Waals surface area contributed by atoms with Crippen LogP contribution in [0.2, 0.25) is 0 Å². The Morgan fingerprint density at radius 1 is 1.14 bits per heavy atom. The summed E-state index contributed by atoms with van der Waals surface area (Å²) in [6.45, 7) is 1.54. The lowest BCUT2D eigenvalue weighted by molar-refractivity contribution is -0.126. The molecule has 0 aliphatic rings. The van der Waals surface area contributed by atoms with Crippen molar-refractivity contribution in [1.82, 2.24) is 5.32 Å². The number of urea groups is 1. The van der Waals surface area contributed by atoms with Gasteiger partial charge in [-0.2, -0.15) is 0 Å². The zero-order chi connectivity index (χ0) is 15.7. The number of primary amides is 1. The highest BCUT2D eigenvalue weighted by molar-refractivity contribution is 6.05. The van der Waals surface area contributed by atoms with Gasteiger partial charge >= 0.3 is 6.03 Å². The molecule has 0 saturated heterocycles. The van der Waals surface area contributed by atoms with Crippen molar-refractivity contribution in [3.63, 3.8) is 0 Å². The zero-order valence-electron chi connectivity index (χ0n) is 11.8. The highest BCUT2D eigenvalue weighted by Crippen LogP contribution is 2.31. The Morgan fingerprint density at radius 3 is 2.64 bits per heavy atom. The Hall–Kier alpha value is -3.02. The number of amides is 3. The molecule has 0 aliphatic carbocycles. The molecule has 0 spiro atoms. The maximum Gasteiger partial charge on any atom is 0.318 e. The van der Waals surface area contributed by atoms with Crippen LogP contribution in [-0.2, 0) is 4.79 Å². The number of furan rings is 1. The fraction of sp³-hybridized carbons (Fsp3) is 0.125. The number of fused-ring (bicyclic) bond motifs is 3. The van der Waals surface area contributed by atoms with Gasteiger partial charge in [-0.1, -0.05) is 18.2 Å². The Kier molecular flexibility index (Phi) is 3.42. The minimum atomic E-state index is -0.906. The van der Waals surface area contributed by atoms with Crippen LogP contribution in [0.5, 0.6) is 5.75 Å². The van der Waals surface area contributed by atoms with Crippen LogP contribution in [0.25, 0.3) is 21.9 Å². The number of imide groups is 1. The van der Waals surface area contributed by atoms with E-state index in [0.717, 1.165) is 21.9 Å². The highest BCUT2D eigenvalue weighted by atomic mass is 16.5. The first-order chi connectivity index (χ1) is 10.5. The summed E-state index contributed by atoms with van der Waals surface area (Å²) in [5.41, 5.74) is 6.43. The predicted molar refractivity (Wildman–Crippen MR) is 81.5 cm³/mol. The molecular weight excluding hydrogens is 284 g/mol. The minimum absolute atomic E-state index is 0.506. The van der Waals surface area contributed by atoms with Gasteiger partial charge in [0.1, 0.15) is 16.9 Å². The fourth-order valence-corrected chi connectivity index (χ4v) is 2.26. The van der Waals surface area contributed by atoms with Gasteiger partial charge < -0.3 is 14.9 Å². The zero-order valence-corrected chi connectivity index (χ0v) is 11.8. The number of rotatable bonds is 3. The van der Waals surface area contributed by atoms with Crippen molar-refractivity contribution in [3.05, 3.63) is 42.5 Å². The third kappa shape index (κ3) is 2.58. The SMILES string of the molecule is C[C@H](Oc1ccc2oc3ccccc3c2c1)C(=O)NC(N)=O. The van der Waals surface area contributed by atoms with Crippen LogP contribution in [-0.4, -0.2) is 18.0 Å². The maximum atomic E-state index is 11.6. The monoisotopic (exact) mass is 298 g/mol. The molecule has 0 unspecified atom stereocenters. The molecule has 3 N–H and O–H groups in total. The van der Waals surface area contributed by atoms with Crippen molar-refractivity contribution in [1.29, 1.82) is 0 Å². The highest BCUT2D eigenvalue weighted by Gasteiger charge is 2.17. The molecular formula is C16H14N2O4. The molecule has 0 saturated carbocycles. The van der Waals surface area contributed by atoms with Gasteiger partial charge in [0.25, 0.3) is 5.91 Å². The van der Waals surface area contributed by atoms with Crippen molar-refractivity contribution in [2.24, 2.45) is 5.73 Å². The summed E-state index contributed by atoms with van der Waals surface area (Å²) >= 11 is 0. The molecule has 0 bridgehead atoms. The van der Waals surface area contributed by atoms with E-state index in [4.69, 9.17) is 14.9 Å². The van der Waals surface area contributed by atoms with E-state index in [2.05, 4.69) is 0 Å². The van der Waals surface area contributed by atoms with Crippen molar-refractivity contribution >= 4 is 33.9 Å². The number of carbonyl (C=O) groups is 2. The van der Waals surface area contributed by atoms with Gasteiger partial charge in [0.2, 0.25) is 0 Å². The summed E-state index contributed by atoms with van der Waals surface area (Å²) < 4.78 is 11.3. The Balaban J connectivity index is 1.90. The standard InChI is InChI=1S/C16H14N2O4/c1-9(15(19)18-16(17)20)21-10-6-7-14-12(8-10)11-4-2-3-5-13(11)22-14/h2-9H,1H3,(H3,17,18,19,20)/t9-/m0/s1. The number of hydrogen-bond donors (Lipinski definition) is 2. The van der Waals surface area contributed by atoms with E-state index in [1.54, 1.807) is 18.2 Å². The number of nitrogens with two attached hydrogens (primary N) is 1. The molecule has 22 heavy (non-hydrogen) atoms. The van der Waals surface area contributed by atoms with E-state index in [9.17, 15) is 9.59 Å². The number of hydrogen-bond acceptors (Lipinski definition) is 4. The van der Waals surface area contributed by atoms with Gasteiger partial charge in [0.15, 0.2) is 6.10 Å². The normalized spacial score (nSPS) is 12.2. The smallest absolute Gasteiger partial charge is 0.318 e. The molecule has 3 amide bonds. The third-order valence-electron chi connectivity index (χ3n) is 3.28. The molecule has 3 aromatic rings. The first-order valence-corrected chi connectivity index (χ1v) is 6.73. The van der Waals surface area contributed by atoms with Gasteiger partial charge in [0, 0.05) is 10.8 Å². The van der Waals surface area contributed by atoms with Crippen LogP contribution in [0, 0.1) is 0 Å². The molecule has 0 aliphatic heterocycles. The van der Waals surface area contributed by atoms with Crippen LogP contribution in [0.4, 0.5) is 4.79 Å². The van der Waals surface area contributed by atoms with Gasteiger partial charge in [0.05, 0.1) is 0 Å². The van der Waals surface area contributed by atoms with Crippen molar-refractivity contribution in [2.45, 2.75) is 13.0 Å². The van der Waals surface area contributed by atoms with E-state index >= 15 is 0 Å². The van der Waals surface area contributed by atoms with Gasteiger partial charge in [-0.25, -0.2) is 4.79 Å². The number of nitrogens with one attached hydrogen (secondary N) is 1. The molecule has 0 fully saturated rings. The lowest BCUT2D eigenvalue weighted by atomic mass is 10.1. The quantitative estimate of drug-likeness (QED) is 0.777. The largest absolute Gasteiger partial charge is 0.481 e. The van der Waals surface area contributed by atoms with E-state index in [1.165, 1.54) is 6.92 Å². The van der Waals surface area contributed by atoms with E-state index in [1.807, 2.05) is 29.6 Å². The number of benzene rings is 2. The molecule has 1 atom stereocenters. The number of para-hydroxylation sites is 1. The molecule has 112 valence electrons. The second kappa shape index (κ2) is 5.40. The lowest BCUT2D eigenvalue weighted by Crippen LogP contribution is -2.42. The summed E-state index contributed by atoms with van der Waals surface area (Å²) in [5.74, 6) is -0.0872. The van der Waals surface area contributed by atoms with Crippen LogP contribution >= 0.6 is 0 Å². The second-order valence-corrected chi connectivity index (χ2v) is 4.87. The molecule has 3 rings (SSSR count). The summed E-state index contributed by atoms with van der Waals surface area (Å²) in [5, 5.41) is 3.85. The average molecular weight is 298 g/mol. The first kappa shape index (κ1) is 13.9. The summed E-state index contributed by atoms with van der Waals surface area (Å²) in [4.78, 5) is 22.3. The molecule has 6 nitrogen and oxygen atoms in total. The first-order valence-electron chi connectivity index (χ1n) is 6.73. The lowest BCUT2D eigenvalue weighted by Gasteiger charge is -2.13. The van der Waals surface area contributed by atoms with Crippen LogP contribution in [0.1, 0.15) is 6.92 Å². The van der Waals surface area contributed by atoms with Gasteiger partial charge in [-0.15, -0.1) is 0 Å². The molecule has 1 aromatic heterocycles. The number of ether oxygens (including phenoxy) is 1. The van der Waals surface area contributed by atoms with Crippen molar-refractivity contribution < 1.29 is 18.7 Å². The van der Waals surface area contributed by atoms with Crippen LogP contribution in [0.3, 0.4) is 0 Å². The van der Waals surface area contributed by atoms with Crippen LogP contribution in [0.15, 0.2) is 46.9 Å². The van der Waals surface area contributed by atoms with E-state index in [0.29, 0.717) is 5.75 Å².